The highest BCUT2D eigenvalue weighted by molar-refractivity contribution is 7.09. The fourth-order valence-electron chi connectivity index (χ4n) is 1.35. The second-order valence-electron chi connectivity index (χ2n) is 3.60. The van der Waals surface area contributed by atoms with E-state index in [0.717, 1.165) is 10.6 Å². The molecule has 2 aromatic rings. The van der Waals surface area contributed by atoms with Crippen LogP contribution in [0.4, 0.5) is 0 Å². The van der Waals surface area contributed by atoms with E-state index in [1.165, 1.54) is 11.3 Å². The van der Waals surface area contributed by atoms with Crippen molar-refractivity contribution < 1.29 is 9.90 Å². The Hall–Kier alpha value is -1.88. The summed E-state index contributed by atoms with van der Waals surface area (Å²) in [6.07, 6.45) is 0. The third-order valence-corrected chi connectivity index (χ3v) is 3.01. The Morgan fingerprint density at radius 1 is 1.41 bits per heavy atom. The number of nitrogens with zero attached hydrogens (tertiary/aromatic N) is 1. The summed E-state index contributed by atoms with van der Waals surface area (Å²) in [4.78, 5) is 15.8. The van der Waals surface area contributed by atoms with Gasteiger partial charge in [-0.05, 0) is 24.6 Å². The molecule has 0 aliphatic rings. The second kappa shape index (κ2) is 4.97. The van der Waals surface area contributed by atoms with E-state index in [2.05, 4.69) is 10.3 Å². The lowest BCUT2D eigenvalue weighted by molar-refractivity contribution is 0.0946. The molecule has 0 saturated heterocycles. The van der Waals surface area contributed by atoms with E-state index in [1.54, 1.807) is 29.6 Å². The second-order valence-corrected chi connectivity index (χ2v) is 4.66. The highest BCUT2D eigenvalue weighted by atomic mass is 32.1. The quantitative estimate of drug-likeness (QED) is 0.874. The Balaban J connectivity index is 1.94. The van der Waals surface area contributed by atoms with Crippen LogP contribution in [0.15, 0.2) is 29.6 Å². The molecule has 0 unspecified atom stereocenters. The topological polar surface area (TPSA) is 62.2 Å². The highest BCUT2D eigenvalue weighted by Crippen LogP contribution is 2.10. The van der Waals surface area contributed by atoms with Crippen LogP contribution in [-0.2, 0) is 6.54 Å². The van der Waals surface area contributed by atoms with Gasteiger partial charge < -0.3 is 10.4 Å². The molecule has 1 amide bonds. The number of benzene rings is 1. The first-order valence-corrected chi connectivity index (χ1v) is 6.01. The van der Waals surface area contributed by atoms with Crippen molar-refractivity contribution in [3.63, 3.8) is 0 Å². The van der Waals surface area contributed by atoms with Gasteiger partial charge in [0.2, 0.25) is 0 Å². The van der Waals surface area contributed by atoms with Crippen LogP contribution in [0.3, 0.4) is 0 Å². The van der Waals surface area contributed by atoms with Gasteiger partial charge in [-0.3, -0.25) is 4.79 Å². The number of amides is 1. The van der Waals surface area contributed by atoms with Crippen LogP contribution in [0.2, 0.25) is 0 Å². The Morgan fingerprint density at radius 2 is 2.12 bits per heavy atom. The third-order valence-electron chi connectivity index (χ3n) is 2.24. The summed E-state index contributed by atoms with van der Waals surface area (Å²) in [5.41, 5.74) is 1.38. The van der Waals surface area contributed by atoms with Crippen molar-refractivity contribution >= 4 is 17.2 Å². The zero-order valence-corrected chi connectivity index (χ0v) is 10.1. The van der Waals surface area contributed by atoms with Gasteiger partial charge in [0.25, 0.3) is 5.91 Å². The van der Waals surface area contributed by atoms with Crippen LogP contribution >= 0.6 is 11.3 Å². The molecule has 88 valence electrons. The predicted molar refractivity (Wildman–Crippen MR) is 66.1 cm³/mol. The van der Waals surface area contributed by atoms with Crippen LogP contribution in [0, 0.1) is 6.92 Å². The molecular formula is C12H12N2O2S. The molecule has 1 heterocycles. The first-order chi connectivity index (χ1) is 8.15. The molecule has 0 bridgehead atoms. The molecule has 1 aromatic carbocycles. The number of aromatic nitrogens is 1. The molecule has 0 saturated carbocycles. The van der Waals surface area contributed by atoms with Gasteiger partial charge >= 0.3 is 0 Å². The number of carbonyl (C=O) groups is 1. The van der Waals surface area contributed by atoms with Gasteiger partial charge in [-0.2, -0.15) is 0 Å². The van der Waals surface area contributed by atoms with Crippen molar-refractivity contribution in [2.75, 3.05) is 0 Å². The minimum atomic E-state index is -0.178. The van der Waals surface area contributed by atoms with E-state index in [-0.39, 0.29) is 11.7 Å². The monoisotopic (exact) mass is 248 g/mol. The number of phenols is 1. The van der Waals surface area contributed by atoms with Crippen LogP contribution in [0.25, 0.3) is 0 Å². The first-order valence-electron chi connectivity index (χ1n) is 5.13. The Labute approximate surface area is 103 Å². The van der Waals surface area contributed by atoms with E-state index >= 15 is 0 Å². The van der Waals surface area contributed by atoms with Gasteiger partial charge in [-0.1, -0.05) is 12.1 Å². The molecule has 0 aliphatic heterocycles. The van der Waals surface area contributed by atoms with E-state index in [4.69, 9.17) is 5.11 Å². The molecule has 2 N–H and O–H groups in total. The number of nitrogens with one attached hydrogen (secondary N) is 1. The third kappa shape index (κ3) is 3.04. The normalized spacial score (nSPS) is 10.2. The molecule has 2 rings (SSSR count). The molecule has 1 aromatic heterocycles. The summed E-state index contributed by atoms with van der Waals surface area (Å²) in [7, 11) is 0. The van der Waals surface area contributed by atoms with Gasteiger partial charge in [-0.25, -0.2) is 4.98 Å². The predicted octanol–water partition coefficient (Wildman–Crippen LogP) is 2.09. The molecule has 0 radical (unpaired) electrons. The fourth-order valence-corrected chi connectivity index (χ4v) is 1.95. The summed E-state index contributed by atoms with van der Waals surface area (Å²) in [6, 6.07) is 6.72. The lowest BCUT2D eigenvalue weighted by atomic mass is 10.2. The minimum absolute atomic E-state index is 0.178. The number of carbonyl (C=O) groups excluding carboxylic acids is 1. The van der Waals surface area contributed by atoms with Crippen molar-refractivity contribution in [2.24, 2.45) is 0 Å². The molecular weight excluding hydrogens is 236 g/mol. The zero-order valence-electron chi connectivity index (χ0n) is 9.30. The lowest BCUT2D eigenvalue weighted by Crippen LogP contribution is -2.23. The Kier molecular flexibility index (Phi) is 3.39. The maximum Gasteiger partial charge on any atom is 0.271 e. The molecule has 0 spiro atoms. The number of rotatable bonds is 3. The average molecular weight is 248 g/mol. The van der Waals surface area contributed by atoms with Crippen molar-refractivity contribution in [2.45, 2.75) is 13.5 Å². The molecule has 17 heavy (non-hydrogen) atoms. The van der Waals surface area contributed by atoms with Gasteiger partial charge in [0.1, 0.15) is 11.4 Å². The van der Waals surface area contributed by atoms with Crippen molar-refractivity contribution in [3.05, 3.63) is 45.9 Å². The van der Waals surface area contributed by atoms with Crippen LogP contribution in [0.5, 0.6) is 5.75 Å². The van der Waals surface area contributed by atoms with E-state index in [9.17, 15) is 4.79 Å². The largest absolute Gasteiger partial charge is 0.508 e. The molecule has 0 aliphatic carbocycles. The summed E-state index contributed by atoms with van der Waals surface area (Å²) < 4.78 is 0. The number of aryl methyl sites for hydroxylation is 1. The van der Waals surface area contributed by atoms with Gasteiger partial charge in [0, 0.05) is 11.9 Å². The lowest BCUT2D eigenvalue weighted by Gasteiger charge is -2.03. The zero-order chi connectivity index (χ0) is 12.3. The maximum atomic E-state index is 11.7. The average Bonchev–Trinajstić information content (AvgIpc) is 2.75. The van der Waals surface area contributed by atoms with Crippen molar-refractivity contribution in [1.29, 1.82) is 0 Å². The summed E-state index contributed by atoms with van der Waals surface area (Å²) in [5.74, 6) is 0.0395. The smallest absolute Gasteiger partial charge is 0.271 e. The Morgan fingerprint density at radius 3 is 2.71 bits per heavy atom. The summed E-state index contributed by atoms with van der Waals surface area (Å²) in [5, 5.41) is 14.5. The summed E-state index contributed by atoms with van der Waals surface area (Å²) >= 11 is 1.45. The standard InChI is InChI=1S/C12H12N2O2S/c1-8-14-11(7-17-8)12(16)13-6-9-2-4-10(15)5-3-9/h2-5,7,15H,6H2,1H3,(H,13,16). The highest BCUT2D eigenvalue weighted by Gasteiger charge is 2.08. The molecule has 0 atom stereocenters. The van der Waals surface area contributed by atoms with Crippen LogP contribution in [0.1, 0.15) is 21.1 Å². The van der Waals surface area contributed by atoms with E-state index in [0.29, 0.717) is 12.2 Å². The van der Waals surface area contributed by atoms with E-state index < -0.39 is 0 Å². The minimum Gasteiger partial charge on any atom is -0.508 e. The number of thiazole rings is 1. The first kappa shape index (κ1) is 11.6. The van der Waals surface area contributed by atoms with E-state index in [1.807, 2.05) is 6.92 Å². The molecule has 0 fully saturated rings. The number of phenolic OH excluding ortho intramolecular Hbond substituents is 1. The summed E-state index contributed by atoms with van der Waals surface area (Å²) in [6.45, 7) is 2.29. The Bertz CT molecular complexity index is 520. The number of hydrogen-bond donors (Lipinski definition) is 2. The van der Waals surface area contributed by atoms with Gasteiger partial charge in [0.05, 0.1) is 5.01 Å². The van der Waals surface area contributed by atoms with Crippen molar-refractivity contribution in [1.82, 2.24) is 10.3 Å². The molecule has 4 nitrogen and oxygen atoms in total. The molecule has 5 heteroatoms. The maximum absolute atomic E-state index is 11.7. The van der Waals surface area contributed by atoms with Gasteiger partial charge in [-0.15, -0.1) is 11.3 Å². The fraction of sp³-hybridized carbons (Fsp3) is 0.167. The van der Waals surface area contributed by atoms with Crippen molar-refractivity contribution in [3.8, 4) is 5.75 Å². The SMILES string of the molecule is Cc1nc(C(=O)NCc2ccc(O)cc2)cs1. The van der Waals surface area contributed by atoms with Gasteiger partial charge in [0.15, 0.2) is 0 Å². The number of aromatic hydroxyl groups is 1. The van der Waals surface area contributed by atoms with Crippen LogP contribution < -0.4 is 5.32 Å². The van der Waals surface area contributed by atoms with Crippen LogP contribution in [-0.4, -0.2) is 16.0 Å². The number of hydrogen-bond acceptors (Lipinski definition) is 4.